The van der Waals surface area contributed by atoms with Crippen LogP contribution in [0.5, 0.6) is 0 Å². The normalized spacial score (nSPS) is 36.9. The molecule has 4 aromatic rings. The van der Waals surface area contributed by atoms with E-state index >= 15 is 0 Å². The minimum absolute atomic E-state index is 0.0378. The van der Waals surface area contributed by atoms with Gasteiger partial charge in [-0.05, 0) is 319 Å². The van der Waals surface area contributed by atoms with Crippen LogP contribution in [-0.2, 0) is 36.2 Å². The van der Waals surface area contributed by atoms with E-state index in [1.165, 1.54) is 60.9 Å². The van der Waals surface area contributed by atoms with Gasteiger partial charge in [-0.15, -0.1) is 6.58 Å². The number of carbonyl (C=O) groups excluding carboxylic acids is 1. The molecule has 0 amide bonds. The van der Waals surface area contributed by atoms with Crippen LogP contribution in [-0.4, -0.2) is 189 Å². The third kappa shape index (κ3) is 28.5. The molecule has 0 spiro atoms. The van der Waals surface area contributed by atoms with Gasteiger partial charge in [0.15, 0.2) is 0 Å². The van der Waals surface area contributed by atoms with Crippen molar-refractivity contribution in [1.29, 1.82) is 0 Å². The Bertz CT molecular complexity index is 4600. The number of methoxy groups -OCH3 is 1. The molecule has 11 N–H and O–H groups in total. The Morgan fingerprint density at radius 3 is 1.27 bits per heavy atom. The first-order chi connectivity index (χ1) is 63.1. The van der Waals surface area contributed by atoms with Crippen molar-refractivity contribution in [3.05, 3.63) is 236 Å². The van der Waals surface area contributed by atoms with Gasteiger partial charge >= 0.3 is 5.97 Å². The first kappa shape index (κ1) is 114. The number of hydrogen-bond donors (Lipinski definition) is 11. The lowest BCUT2D eigenvalue weighted by Gasteiger charge is -2.45. The molecule has 8 saturated carbocycles. The largest absolute Gasteiger partial charge is 0.469 e. The van der Waals surface area contributed by atoms with Crippen LogP contribution in [0.3, 0.4) is 0 Å². The number of aliphatic hydroxyl groups excluding tert-OH is 7. The van der Waals surface area contributed by atoms with E-state index in [2.05, 4.69) is 109 Å². The first-order valence-electron chi connectivity index (χ1n) is 50.4. The van der Waals surface area contributed by atoms with Crippen LogP contribution < -0.4 is 15.9 Å². The number of epoxide rings is 1. The van der Waals surface area contributed by atoms with Gasteiger partial charge in [-0.3, -0.25) is 9.69 Å². The van der Waals surface area contributed by atoms with Crippen LogP contribution in [0.15, 0.2) is 225 Å². The molecule has 3 saturated heterocycles. The van der Waals surface area contributed by atoms with Gasteiger partial charge in [-0.25, -0.2) is 0 Å². The van der Waals surface area contributed by atoms with Gasteiger partial charge in [0.25, 0.3) is 0 Å². The molecule has 30 atom stereocenters. The second-order valence-corrected chi connectivity index (χ2v) is 50.7. The van der Waals surface area contributed by atoms with E-state index in [-0.39, 0.29) is 96.3 Å². The molecule has 2 unspecified atom stereocenters. The zero-order valence-electron chi connectivity index (χ0n) is 85.7. The summed E-state index contributed by atoms with van der Waals surface area (Å²) in [6.45, 7) is 72.1. The fraction of sp³-hybridized carbons (Fsp3) is 0.629. The molecule has 135 heavy (non-hydrogen) atoms. The van der Waals surface area contributed by atoms with E-state index in [4.69, 9.17) is 19.7 Å². The first-order valence-corrected chi connectivity index (χ1v) is 54.1. The number of benzene rings is 4. The molecule has 3 heterocycles. The molecule has 16 rings (SSSR count). The lowest BCUT2D eigenvalue weighted by Crippen LogP contribution is -2.53. The van der Waals surface area contributed by atoms with Crippen LogP contribution in [0.2, 0.25) is 0 Å². The number of aliphatic hydroxyl groups is 11. The maximum absolute atomic E-state index is 14.6. The second-order valence-electron chi connectivity index (χ2n) is 44.6. The summed E-state index contributed by atoms with van der Waals surface area (Å²) in [5.41, 5.74) is 9.70. The molecular formula is C116H177NO16P2. The molecule has 0 radical (unpaired) electrons. The zero-order valence-corrected chi connectivity index (χ0v) is 87.5. The van der Waals surface area contributed by atoms with Gasteiger partial charge in [0.2, 0.25) is 0 Å². The smallest absolute Gasteiger partial charge is 0.309 e. The molecule has 0 aromatic heterocycles. The maximum Gasteiger partial charge on any atom is 0.309 e. The second kappa shape index (κ2) is 49.1. The van der Waals surface area contributed by atoms with Crippen molar-refractivity contribution in [3.63, 3.8) is 0 Å². The number of ether oxygens (including phenoxy) is 2. The van der Waals surface area contributed by atoms with Crippen LogP contribution in [0, 0.1) is 94.7 Å². The monoisotopic (exact) mass is 1900 g/mol. The molecule has 2 bridgehead atoms. The van der Waals surface area contributed by atoms with E-state index in [0.29, 0.717) is 103 Å². The number of likely N-dealkylation sites (tertiary alicyclic amines) is 1. The summed E-state index contributed by atoms with van der Waals surface area (Å²) in [5.74, 6) is 4.57. The Labute approximate surface area is 813 Å². The van der Waals surface area contributed by atoms with E-state index in [1.54, 1.807) is 6.92 Å². The van der Waals surface area contributed by atoms with Crippen molar-refractivity contribution < 1.29 is 79.6 Å². The Morgan fingerprint density at radius 2 is 0.874 bits per heavy atom. The van der Waals surface area contributed by atoms with Crippen molar-refractivity contribution in [3.8, 4) is 0 Å². The maximum atomic E-state index is 14.6. The van der Waals surface area contributed by atoms with Crippen molar-refractivity contribution in [2.24, 2.45) is 94.7 Å². The molecule has 4 aromatic carbocycles. The molecular weight excluding hydrogens is 1730 g/mol. The molecule has 9 aliphatic carbocycles. The Balaban J connectivity index is 0.000000189. The number of hydrogen-bond acceptors (Lipinski definition) is 17. The summed E-state index contributed by atoms with van der Waals surface area (Å²) in [7, 11) is -3.76. The van der Waals surface area contributed by atoms with Gasteiger partial charge in [0.1, 0.15) is 19.9 Å². The molecule has 752 valence electrons. The quantitative estimate of drug-likeness (QED) is 0.0191. The lowest BCUT2D eigenvalue weighted by atomic mass is 9.73. The predicted octanol–water partition coefficient (Wildman–Crippen LogP) is 20.2. The molecule has 3 aliphatic heterocycles. The summed E-state index contributed by atoms with van der Waals surface area (Å²) >= 11 is 0. The fourth-order valence-electron chi connectivity index (χ4n) is 24.3. The topological polar surface area (TPSA) is 299 Å². The van der Waals surface area contributed by atoms with Gasteiger partial charge in [0, 0.05) is 65.5 Å². The van der Waals surface area contributed by atoms with Crippen molar-refractivity contribution in [1.82, 2.24) is 4.90 Å². The number of nitrogens with zero attached hydrogens (tertiary/aromatic N) is 1. The third-order valence-electron chi connectivity index (χ3n) is 33.8. The summed E-state index contributed by atoms with van der Waals surface area (Å²) in [4.78, 5) is 14.0. The predicted molar refractivity (Wildman–Crippen MR) is 556 cm³/mol. The number of allylic oxidation sites excluding steroid dienone is 8. The summed E-state index contributed by atoms with van der Waals surface area (Å²) in [6.07, 6.45) is 17.0. The van der Waals surface area contributed by atoms with Crippen LogP contribution in [0.1, 0.15) is 244 Å². The highest BCUT2D eigenvalue weighted by atomic mass is 31.2. The van der Waals surface area contributed by atoms with E-state index < -0.39 is 48.9 Å². The number of carbonyl (C=O) groups is 1. The summed E-state index contributed by atoms with van der Waals surface area (Å²) in [6, 6.07) is 38.1. The summed E-state index contributed by atoms with van der Waals surface area (Å²) in [5, 5.41) is 111. The fourth-order valence-corrected chi connectivity index (χ4v) is 32.3. The van der Waals surface area contributed by atoms with E-state index in [1.807, 2.05) is 181 Å². The van der Waals surface area contributed by atoms with Crippen LogP contribution in [0.25, 0.3) is 0 Å². The average molecular weight is 1900 g/mol. The molecule has 11 fully saturated rings. The standard InChI is InChI=1S/C22H27O2P.C16H21OP.C14H25NO.C13H16O.C11H18O3.C10H16O2.3C10H18O2/c1-17(2)18-14-15-22(3,23)21(16-18)25(24,19-10-6-4-7-11-19)20-12-8-5-9-13-20;1-11(2)14-9-16-12(3)15(14)10-18(16,17)13-7-5-4-6-8-13;1-11(2)12-6-7-14(3,16)13(10-12)15-8-4-5-9-15;1-10(2)7-13(14)8-11-5-3-4-6-12(11)9-13;1-6(2)8-5-9(12)7(3)10(8)11(13)14-4;1-6(2)7-4-8(11)10(3)9(5-7)12-10;2*1-6(2)8-4-10(12)7(3)9(8)5-11;1-7(2)8-4-5-10(3,12)9(11)6-8/h4-13,18,21,23H,1,14-16H2,2-3H3;4-8,12,14-16H,1,9-10H2,2-3H3;12-13,16H,1,4-10H2,2-3H3;3-6,14H,1,7-9H2,2H3;7-10,12H,1,5H2,2-4H3;7-9,11H,1,4-5H2,2-3H3;2*7-12H,1,4-5H2,2-3H3;8-9,11-12H,1,4-6H2,2-3H3/t18-,21+,22+;12-,14+,15+,16?,18?;12-,13+,14+;;2*7-,8+,9-,10+;2*7-,8-,9-,10+;8-,9+,10+/m000.10000/s1. The highest BCUT2D eigenvalue weighted by Crippen LogP contribution is 2.70. The van der Waals surface area contributed by atoms with E-state index in [0.717, 1.165) is 133 Å². The number of esters is 1. The van der Waals surface area contributed by atoms with Gasteiger partial charge in [-0.2, -0.15) is 0 Å². The number of fused-ring (bicyclic) bond motifs is 4. The van der Waals surface area contributed by atoms with Gasteiger partial charge in [-0.1, -0.05) is 246 Å². The highest BCUT2D eigenvalue weighted by molar-refractivity contribution is 7.79. The van der Waals surface area contributed by atoms with Crippen LogP contribution in [0.4, 0.5) is 0 Å². The Morgan fingerprint density at radius 1 is 0.474 bits per heavy atom. The summed E-state index contributed by atoms with van der Waals surface area (Å²) < 4.78 is 38.1. The minimum atomic E-state index is -2.99. The van der Waals surface area contributed by atoms with Crippen LogP contribution >= 0.6 is 14.3 Å². The lowest BCUT2D eigenvalue weighted by molar-refractivity contribution is -0.148. The van der Waals surface area contributed by atoms with Gasteiger partial charge in [0.05, 0.1) is 72.1 Å². The minimum Gasteiger partial charge on any atom is -0.469 e. The van der Waals surface area contributed by atoms with E-state index in [9.17, 15) is 59.9 Å². The number of rotatable bonds is 18. The SMILES string of the molecule is C=C(C)CC1(O)Cc2ccccc2C1.C=C(C)[C@@H]1C[C@@H](O)[C@@H](C)[C@@H]1C(=O)OC.C=C(C)[C@@H]1C[C@@H](O)[C@@H](C)[C@@H]1CO.C=C(C)[C@@H]1C[C@@H](O)[C@@H](C)[C@@H]1CO.C=C(C)[C@H]1CC2[C@@H](C)[C@H]1CP2(=O)c1ccccc1.C=C(C)[C@H]1CC[C@@](C)(O)[C@H](N2CCCC2)C1.C=C(C)[C@H]1CC[C@@](C)(O)[C@H](O)C1.C=C(C)[C@H]1CC[C@@](C)(O)[C@H](P(=O)(c2ccccc2)c2ccccc2)C1.C=C(C)[C@H]1C[C@@H](O)[C@@]2(C)O[C@H]2C1. The third-order valence-corrected chi connectivity index (χ3v) is 41.5. The van der Waals surface area contributed by atoms with Gasteiger partial charge < -0.3 is 74.8 Å². The van der Waals surface area contributed by atoms with Crippen molar-refractivity contribution in [2.75, 3.05) is 39.6 Å². The Kier molecular flexibility index (Phi) is 41.5. The molecule has 12 aliphatic rings. The van der Waals surface area contributed by atoms with Crippen molar-refractivity contribution in [2.45, 2.75) is 328 Å². The molecule has 19 heteroatoms. The van der Waals surface area contributed by atoms with Crippen molar-refractivity contribution >= 4 is 36.2 Å². The Hall–Kier alpha value is -6.05. The molecule has 17 nitrogen and oxygen atoms in total. The zero-order chi connectivity index (χ0) is 101. The average Bonchev–Trinajstić information content (AvgIpc) is 1.65. The highest BCUT2D eigenvalue weighted by Gasteiger charge is 2.62.